The molecular formula is C77H121N7O57. The van der Waals surface area contributed by atoms with Crippen LogP contribution in [0.2, 0.25) is 0 Å². The summed E-state index contributed by atoms with van der Waals surface area (Å²) in [5.74, 6) is -50.4. The highest BCUT2D eigenvalue weighted by molar-refractivity contribution is 5.81. The van der Waals surface area contributed by atoms with Crippen molar-refractivity contribution in [3.05, 3.63) is 0 Å². The molecule has 0 radical (unpaired) electrons. The lowest BCUT2D eigenvalue weighted by atomic mass is 9.86. The summed E-state index contributed by atoms with van der Waals surface area (Å²) in [7, 11) is 0. The number of aliphatic hydroxyl groups excluding tert-OH is 22. The Bertz CT molecular complexity index is 4290. The molecule has 0 saturated carbocycles. The minimum Gasteiger partial charge on any atom is -0.477 e. The van der Waals surface area contributed by atoms with Crippen LogP contribution in [0.15, 0.2) is 0 Å². The van der Waals surface area contributed by atoms with E-state index in [1.807, 2.05) is 0 Å². The van der Waals surface area contributed by atoms with Gasteiger partial charge in [0.2, 0.25) is 41.4 Å². The third kappa shape index (κ3) is 26.5. The molecule has 64 nitrogen and oxygen atoms in total. The summed E-state index contributed by atoms with van der Waals surface area (Å²) in [6, 6.07) is -15.1. The van der Waals surface area contributed by atoms with Gasteiger partial charge in [-0.25, -0.2) is 33.6 Å². The van der Waals surface area contributed by atoms with Crippen LogP contribution in [0.5, 0.6) is 0 Å². The Morgan fingerprint density at radius 3 is 0.511 bits per heavy atom. The smallest absolute Gasteiger partial charge is 0.364 e. The van der Waals surface area contributed by atoms with Crippen LogP contribution in [-0.4, -0.2) is 536 Å². The van der Waals surface area contributed by atoms with Gasteiger partial charge in [0, 0.05) is 93.4 Å². The van der Waals surface area contributed by atoms with Crippen LogP contribution < -0.4 is 37.2 Å². The number of aliphatic carboxylic acids is 7. The van der Waals surface area contributed by atoms with Crippen LogP contribution >= 0.6 is 0 Å². The molecule has 0 aromatic carbocycles. The quantitative estimate of drug-likeness (QED) is 0.0269. The van der Waals surface area contributed by atoms with Gasteiger partial charge in [0.1, 0.15) is 128 Å². The van der Waals surface area contributed by atoms with Gasteiger partial charge in [-0.3, -0.25) is 33.6 Å². The van der Waals surface area contributed by atoms with E-state index >= 15 is 0 Å². The van der Waals surface area contributed by atoms with Gasteiger partial charge in [0.15, 0.2) is 0 Å². The summed E-state index contributed by atoms with van der Waals surface area (Å²) in [6.45, 7) is -6.32. The van der Waals surface area contributed by atoms with Crippen LogP contribution in [0.25, 0.3) is 0 Å². The summed E-state index contributed by atoms with van der Waals surface area (Å²) in [5.41, 5.74) is 0. The minimum absolute atomic E-state index is 0.721. The number of aliphatic hydroxyl groups is 23. The molecule has 0 aromatic rings. The molecule has 0 aliphatic carbocycles. The topological polar surface area (TPSA) is 1050 Å². The van der Waals surface area contributed by atoms with Crippen molar-refractivity contribution in [2.75, 3.05) is 46.2 Å². The second-order valence-corrected chi connectivity index (χ2v) is 34.7. The third-order valence-electron chi connectivity index (χ3n) is 24.3. The largest absolute Gasteiger partial charge is 0.477 e. The van der Waals surface area contributed by atoms with Crippen molar-refractivity contribution in [1.82, 2.24) is 37.2 Å². The van der Waals surface area contributed by atoms with Gasteiger partial charge < -0.3 is 252 Å². The van der Waals surface area contributed by atoms with E-state index in [4.69, 9.17) is 61.6 Å². The van der Waals surface area contributed by atoms with Crippen LogP contribution in [0.3, 0.4) is 0 Å². The predicted molar refractivity (Wildman–Crippen MR) is 433 cm³/mol. The molecule has 7 fully saturated rings. The van der Waals surface area contributed by atoms with E-state index in [2.05, 4.69) is 37.2 Å². The fraction of sp³-hybridized carbons (Fsp3) is 0.818. The van der Waals surface area contributed by atoms with E-state index in [0.717, 1.165) is 48.5 Å². The highest BCUT2D eigenvalue weighted by atomic mass is 16.8. The molecule has 806 valence electrons. The first-order chi connectivity index (χ1) is 65.4. The molecule has 7 saturated heterocycles. The van der Waals surface area contributed by atoms with E-state index in [-0.39, 0.29) is 0 Å². The number of nitrogens with one attached hydrogen (secondary N) is 7. The van der Waals surface area contributed by atoms with Gasteiger partial charge in [-0.2, -0.15) is 0 Å². The SMILES string of the molecule is CC(=O)N[C@H]1[C@H]([C@H](O)[C@H](O)CO)O[C@@](O[C@H](CO)[C@@H](O)[C@@H]2O[C@@](O[C@H](CO)[C@@H](O)[C@@H]3O[C@@](O[C@H](CO)[C@@H](O)[C@@H]4O[C@@](O[C@H](CO)[C@@H](O)[C@@H]5O[C@@](O[C@H](CO)[C@@H](O)[C@@H]6O[C@@](O[C@H](CO)[C@@H](O)[C@@H]7O[C@@](O)(C(=O)O)C[C@H](O)[C@H]7NC(C)=O)(C(=O)O)C[C@H](O)[C@H]6NC(C)=O)(C(=O)O)C[C@H](O)[C@H]5NC(C)=O)(C(=O)O)C[C@H](O)[C@H]4NC(C)=O)(C(=O)O)C[C@H](O)[C@H]3NC(C)=O)(C(=O)O)C[C@H](O)[C@H]2NC(C)=O)(C(=O)O)C[C@@H]1O. The van der Waals surface area contributed by atoms with E-state index < -0.39 is 428 Å². The highest BCUT2D eigenvalue weighted by Crippen LogP contribution is 2.46. The Kier molecular flexibility index (Phi) is 40.9. The Balaban J connectivity index is 1.23. The first-order valence-corrected chi connectivity index (χ1v) is 43.0. The van der Waals surface area contributed by atoms with E-state index in [1.165, 1.54) is 0 Å². The van der Waals surface area contributed by atoms with Gasteiger partial charge in [0.25, 0.3) is 40.5 Å². The number of carboxylic acids is 7. The number of rotatable bonds is 47. The first-order valence-electron chi connectivity index (χ1n) is 43.0. The predicted octanol–water partition coefficient (Wildman–Crippen LogP) is -20.8. The summed E-state index contributed by atoms with van der Waals surface area (Å²) in [6.07, 6.45) is -84.7. The summed E-state index contributed by atoms with van der Waals surface area (Å²) in [4.78, 5) is 184. The Morgan fingerprint density at radius 2 is 0.383 bits per heavy atom. The van der Waals surface area contributed by atoms with Crippen LogP contribution in [-0.2, 0) is 129 Å². The number of amides is 7. The van der Waals surface area contributed by atoms with Crippen molar-refractivity contribution in [3.63, 3.8) is 0 Å². The Hall–Kier alpha value is -8.86. The Morgan fingerprint density at radius 1 is 0.241 bits per heavy atom. The van der Waals surface area contributed by atoms with Gasteiger partial charge in [-0.05, 0) is 0 Å². The molecule has 42 atom stereocenters. The van der Waals surface area contributed by atoms with Crippen molar-refractivity contribution < 1.29 is 282 Å². The molecular weight excluding hydrogens is 1930 g/mol. The number of ether oxygens (including phenoxy) is 13. The molecule has 7 aliphatic rings. The zero-order valence-electron chi connectivity index (χ0n) is 75.5. The van der Waals surface area contributed by atoms with Gasteiger partial charge in [-0.1, -0.05) is 0 Å². The van der Waals surface area contributed by atoms with Gasteiger partial charge in [-0.15, -0.1) is 0 Å². The number of hydrogen-bond donors (Lipinski definition) is 37. The van der Waals surface area contributed by atoms with Crippen LogP contribution in [0, 0.1) is 0 Å². The minimum atomic E-state index is -3.85. The van der Waals surface area contributed by atoms with E-state index in [1.54, 1.807) is 0 Å². The van der Waals surface area contributed by atoms with E-state index in [0.29, 0.717) is 0 Å². The van der Waals surface area contributed by atoms with Crippen molar-refractivity contribution in [2.45, 2.75) is 347 Å². The number of carbonyl (C=O) groups excluding carboxylic acids is 7. The summed E-state index contributed by atoms with van der Waals surface area (Å²) >= 11 is 0. The maximum Gasteiger partial charge on any atom is 0.364 e. The monoisotopic (exact) mass is 2060 g/mol. The molecule has 141 heavy (non-hydrogen) atoms. The van der Waals surface area contributed by atoms with Crippen molar-refractivity contribution in [2.24, 2.45) is 0 Å². The lowest BCUT2D eigenvalue weighted by Crippen LogP contribution is -2.72. The van der Waals surface area contributed by atoms with Crippen molar-refractivity contribution in [1.29, 1.82) is 0 Å². The average molecular weight is 2060 g/mol. The first kappa shape index (κ1) is 119. The number of hydrogen-bond acceptors (Lipinski definition) is 50. The van der Waals surface area contributed by atoms with Crippen molar-refractivity contribution >= 4 is 83.1 Å². The molecule has 0 spiro atoms. The maximum atomic E-state index is 14.0. The zero-order chi connectivity index (χ0) is 107. The Labute approximate surface area is 793 Å². The van der Waals surface area contributed by atoms with E-state index in [9.17, 15) is 220 Å². The normalized spacial score (nSPS) is 37.6. The maximum absolute atomic E-state index is 14.0. The summed E-state index contributed by atoms with van der Waals surface area (Å²) in [5, 5.41) is 354. The molecule has 7 rings (SSSR count). The molecule has 37 N–H and O–H groups in total. The molecule has 64 heteroatoms. The van der Waals surface area contributed by atoms with Crippen LogP contribution in [0.1, 0.15) is 93.4 Å². The molecule has 0 unspecified atom stereocenters. The second kappa shape index (κ2) is 48.4. The fourth-order valence-corrected chi connectivity index (χ4v) is 17.7. The zero-order valence-corrected chi connectivity index (χ0v) is 75.5. The molecule has 7 amide bonds. The molecule has 0 bridgehead atoms. The van der Waals surface area contributed by atoms with Gasteiger partial charge in [0.05, 0.1) is 131 Å². The van der Waals surface area contributed by atoms with Crippen molar-refractivity contribution in [3.8, 4) is 0 Å². The lowest BCUT2D eigenvalue weighted by molar-refractivity contribution is -0.367. The number of carbonyl (C=O) groups is 14. The van der Waals surface area contributed by atoms with Gasteiger partial charge >= 0.3 is 41.8 Å². The second-order valence-electron chi connectivity index (χ2n) is 34.7. The molecule has 7 heterocycles. The highest BCUT2D eigenvalue weighted by Gasteiger charge is 2.68. The fourth-order valence-electron chi connectivity index (χ4n) is 17.7. The molecule has 7 aliphatic heterocycles. The third-order valence-corrected chi connectivity index (χ3v) is 24.3. The molecule has 0 aromatic heterocycles. The number of carboxylic acid groups (broad SMARTS) is 7. The standard InChI is InChI=1S/C77H121N7O57/c1-22(92)78-43-29(99)8-71(128,64(114)115)135-58(43)51(108)37(16-86)129-73(66(118)119)10-31(101)45(80-24(3)94)60(137-73)53(110)39(18-88)131-75(68(122)123)12-33(103)47(82-26(5)96)62(139-75)55(112)41(20-90)133-77(70(126)127)14-35(105)49(84-28(7)98)63(141-77)56(113)42(21-91)134-76(69(124)125)13-34(104)48(83-27(6)97)61(140-76)54(111)40(19-89)132-74(67(120)121)11-32(102)46(81-25(4)95)59(138-74)52(109)38(17-87)130-72(65(116)117)9-30(100)44(79-23(2)93)57(136-72)50(107)36(106)15-85/h29-63,85-91,99-113,128H,8-21H2,1-7H3,(H,78,92)(H,79,93)(H,80,94)(H,81,95)(H,82,96)(H,83,97)(H,84,98)(H,114,115)(H,116,117)(H,118,119)(H,120,121)(H,122,123)(H,124,125)(H,126,127)/t29-,30-,31-,32-,33-,34-,35-,36+,37+,38+,39+,40+,41+,42+,43+,44+,45+,46+,47+,48+,49+,50+,51+,52+,53+,54+,55+,56+,57+,58+,59+,60+,61+,62+,63+,71+,72+,73+,74+,75+,76+,77+/m0/s1. The lowest BCUT2D eigenvalue weighted by Gasteiger charge is -2.51. The van der Waals surface area contributed by atoms with Crippen LogP contribution in [0.4, 0.5) is 0 Å². The summed E-state index contributed by atoms with van der Waals surface area (Å²) < 4.78 is 73.8. The average Bonchev–Trinajstić information content (AvgIpc) is 0.757.